The topological polar surface area (TPSA) is 491 Å². The maximum atomic E-state index is 10.6. The van der Waals surface area contributed by atoms with Crippen molar-refractivity contribution >= 4 is 41.7 Å². The van der Waals surface area contributed by atoms with Crippen LogP contribution in [0.2, 0.25) is 0 Å². The zero-order valence-corrected chi connectivity index (χ0v) is 35.7. The molecule has 0 aliphatic heterocycles. The molecule has 0 unspecified atom stereocenters. The number of hydrogen-bond donors (Lipinski definition) is 16. The molecule has 0 aliphatic rings. The van der Waals surface area contributed by atoms with Crippen LogP contribution in [-0.2, 0) is 41.6 Å². The van der Waals surface area contributed by atoms with Crippen LogP contribution in [0.15, 0.2) is 59.6 Å². The van der Waals surface area contributed by atoms with E-state index < -0.39 is 78.6 Å². The second-order valence-corrected chi connectivity index (χ2v) is 14.2. The van der Waals surface area contributed by atoms with Gasteiger partial charge in [0.25, 0.3) is 0 Å². The van der Waals surface area contributed by atoms with E-state index in [1.54, 1.807) is 24.3 Å². The summed E-state index contributed by atoms with van der Waals surface area (Å²) in [5, 5.41) is 58.4. The first-order chi connectivity index (χ1) is 28.6. The molecule has 2 rings (SSSR count). The van der Waals surface area contributed by atoms with Crippen molar-refractivity contribution in [2.24, 2.45) is 68.4 Å². The van der Waals surface area contributed by atoms with E-state index in [1.165, 1.54) is 0 Å². The molecule has 23 heteroatoms. The van der Waals surface area contributed by atoms with Gasteiger partial charge in [-0.05, 0) is 73.6 Å². The minimum atomic E-state index is -1.18. The summed E-state index contributed by atoms with van der Waals surface area (Å²) in [5.41, 5.74) is 48.2. The Morgan fingerprint density at radius 3 is 1.19 bits per heavy atom. The van der Waals surface area contributed by atoms with Gasteiger partial charge in [0.1, 0.15) is 36.0 Å². The van der Waals surface area contributed by atoms with E-state index in [-0.39, 0.29) is 11.7 Å². The van der Waals surface area contributed by atoms with Crippen molar-refractivity contribution in [1.82, 2.24) is 0 Å². The molecule has 23 nitrogen and oxygen atoms in total. The first-order valence-electron chi connectivity index (χ1n) is 19.0. The van der Waals surface area contributed by atoms with Gasteiger partial charge in [-0.2, -0.15) is 0 Å². The first kappa shape index (κ1) is 62.7. The van der Waals surface area contributed by atoms with Gasteiger partial charge in [-0.25, -0.2) is 0 Å². The number of guanidine groups is 1. The lowest BCUT2D eigenvalue weighted by atomic mass is 10.1. The molecule has 0 aliphatic carbocycles. The fourth-order valence-corrected chi connectivity index (χ4v) is 3.88. The Bertz CT molecular complexity index is 1560. The SMILES string of the molecule is CC(C)C[C@H](N)C(=O)O.CC(C)C[C@H](N)C(=O)O.NC(=O)[C@@H](N)Cc1ccc(O)cc1.NC(N)=NCCC[C@H](N)C(=O)O.N[C@@H](CO)C(=O)O.N[C@@H](Cc1ccccc1)C(=O)O. The Labute approximate surface area is 361 Å². The fourth-order valence-electron chi connectivity index (χ4n) is 3.88. The van der Waals surface area contributed by atoms with Gasteiger partial charge in [0.05, 0.1) is 12.6 Å². The molecule has 6 atom stereocenters. The van der Waals surface area contributed by atoms with Gasteiger partial charge in [0.2, 0.25) is 5.91 Å². The number of rotatable bonds is 19. The normalized spacial score (nSPS) is 12.9. The summed E-state index contributed by atoms with van der Waals surface area (Å²) >= 11 is 0. The Morgan fingerprint density at radius 1 is 0.532 bits per heavy atom. The molecule has 0 heterocycles. The monoisotopic (exact) mass is 887 g/mol. The summed E-state index contributed by atoms with van der Waals surface area (Å²) in [5.74, 6) is -4.57. The van der Waals surface area contributed by atoms with Crippen LogP contribution in [0.1, 0.15) is 64.5 Å². The van der Waals surface area contributed by atoms with E-state index in [2.05, 4.69) is 4.99 Å². The minimum Gasteiger partial charge on any atom is -0.508 e. The molecule has 0 radical (unpaired) electrons. The molecule has 0 aromatic heterocycles. The smallest absolute Gasteiger partial charge is 0.322 e. The third-order valence-electron chi connectivity index (χ3n) is 7.26. The Hall–Kier alpha value is -5.95. The summed E-state index contributed by atoms with van der Waals surface area (Å²) < 4.78 is 0. The number of hydrogen-bond acceptors (Lipinski definition) is 15. The number of nitrogens with zero attached hydrogens (tertiary/aromatic N) is 1. The van der Waals surface area contributed by atoms with Gasteiger partial charge in [-0.3, -0.25) is 33.8 Å². The predicted octanol–water partition coefficient (Wildman–Crippen LogP) is -1.88. The van der Waals surface area contributed by atoms with E-state index in [9.17, 15) is 28.8 Å². The summed E-state index contributed by atoms with van der Waals surface area (Å²) in [6.45, 7) is 7.70. The Balaban J connectivity index is -0.000000330. The number of phenols is 1. The van der Waals surface area contributed by atoms with Crippen LogP contribution in [0, 0.1) is 11.8 Å². The maximum Gasteiger partial charge on any atom is 0.322 e. The summed E-state index contributed by atoms with van der Waals surface area (Å²) in [7, 11) is 0. The van der Waals surface area contributed by atoms with Crippen molar-refractivity contribution in [3.05, 3.63) is 65.7 Å². The number of carboxylic acids is 5. The number of aliphatic imine (C=N–C) groups is 1. The summed E-state index contributed by atoms with van der Waals surface area (Å²) in [6, 6.07) is 11.1. The average molecular weight is 887 g/mol. The van der Waals surface area contributed by atoms with Crippen molar-refractivity contribution < 1.29 is 64.5 Å². The highest BCUT2D eigenvalue weighted by molar-refractivity contribution is 5.80. The zero-order chi connectivity index (χ0) is 49.1. The lowest BCUT2D eigenvalue weighted by Crippen LogP contribution is -2.38. The van der Waals surface area contributed by atoms with Gasteiger partial charge in [-0.1, -0.05) is 70.2 Å². The van der Waals surface area contributed by atoms with Crippen LogP contribution in [0.5, 0.6) is 5.75 Å². The average Bonchev–Trinajstić information content (AvgIpc) is 3.17. The van der Waals surface area contributed by atoms with Gasteiger partial charge in [0, 0.05) is 6.54 Å². The predicted molar refractivity (Wildman–Crippen MR) is 233 cm³/mol. The second-order valence-electron chi connectivity index (χ2n) is 14.2. The number of phenolic OH excluding ortho intramolecular Hbond substituents is 1. The first-order valence-corrected chi connectivity index (χ1v) is 19.0. The number of aliphatic carboxylic acids is 5. The number of aromatic hydroxyl groups is 1. The van der Waals surface area contributed by atoms with E-state index in [1.807, 2.05) is 58.0 Å². The molecule has 0 saturated carbocycles. The van der Waals surface area contributed by atoms with E-state index >= 15 is 0 Å². The Morgan fingerprint density at radius 2 is 0.903 bits per heavy atom. The lowest BCUT2D eigenvalue weighted by molar-refractivity contribution is -0.140. The molecular formula is C39H70N10O13. The van der Waals surface area contributed by atoms with E-state index in [0.717, 1.165) is 11.1 Å². The number of carbonyl (C=O) groups is 6. The fraction of sp³-hybridized carbons (Fsp3) is 0.513. The number of primary amides is 1. The van der Waals surface area contributed by atoms with Crippen molar-refractivity contribution in [2.75, 3.05) is 13.2 Å². The van der Waals surface area contributed by atoms with Crippen molar-refractivity contribution in [2.45, 2.75) is 102 Å². The van der Waals surface area contributed by atoms with Gasteiger partial charge < -0.3 is 87.3 Å². The van der Waals surface area contributed by atoms with Crippen LogP contribution in [-0.4, -0.2) is 127 Å². The molecule has 0 saturated heterocycles. The molecule has 62 heavy (non-hydrogen) atoms. The molecule has 25 N–H and O–H groups in total. The molecule has 1 amide bonds. The standard InChI is InChI=1S/C9H12N2O2.C9H11NO2.C6H14N4O2.2C6H13NO2.C3H7NO3/c10-8(9(11)13)5-6-1-3-7(12)4-2-6;10-8(9(11)12)6-7-4-2-1-3-5-7;7-4(5(11)12)2-1-3-10-6(8)9;2*1-4(2)3-5(7)6(8)9;4-2(1-5)3(6)7/h1-4,8,12H,5,10H2,(H2,11,13);1-5,8H,6,10H2,(H,11,12);4H,1-3,7H2,(H,11,12)(H4,8,9,10);2*4-5H,3,7H2,1-2H3,(H,8,9);2,5H,1,4H2,(H,6,7)/t2*8-;4-;2*5-;2-/m000000/s1. The quantitative estimate of drug-likeness (QED) is 0.0417. The zero-order valence-electron chi connectivity index (χ0n) is 35.7. The summed E-state index contributed by atoms with van der Waals surface area (Å²) in [4.78, 5) is 64.8. The number of benzene rings is 2. The third-order valence-corrected chi connectivity index (χ3v) is 7.26. The highest BCUT2D eigenvalue weighted by atomic mass is 16.4. The van der Waals surface area contributed by atoms with Crippen LogP contribution >= 0.6 is 0 Å². The van der Waals surface area contributed by atoms with Crippen LogP contribution in [0.25, 0.3) is 0 Å². The number of nitrogens with two attached hydrogens (primary N) is 9. The number of aliphatic hydroxyl groups excluding tert-OH is 1. The summed E-state index contributed by atoms with van der Waals surface area (Å²) in [6.07, 6.45) is 2.84. The molecule has 0 fully saturated rings. The molecule has 0 bridgehead atoms. The van der Waals surface area contributed by atoms with Crippen LogP contribution < -0.4 is 51.6 Å². The van der Waals surface area contributed by atoms with Crippen molar-refractivity contribution in [3.63, 3.8) is 0 Å². The molecular weight excluding hydrogens is 816 g/mol. The number of amides is 1. The maximum absolute atomic E-state index is 10.6. The highest BCUT2D eigenvalue weighted by Crippen LogP contribution is 2.10. The van der Waals surface area contributed by atoms with Gasteiger partial charge >= 0.3 is 29.8 Å². The molecule has 2 aromatic carbocycles. The number of aliphatic hydroxyl groups is 1. The van der Waals surface area contributed by atoms with Gasteiger partial charge in [-0.15, -0.1) is 0 Å². The number of carbonyl (C=O) groups excluding carboxylic acids is 1. The van der Waals surface area contributed by atoms with E-state index in [4.69, 9.17) is 87.3 Å². The van der Waals surface area contributed by atoms with E-state index in [0.29, 0.717) is 56.9 Å². The molecule has 354 valence electrons. The van der Waals surface area contributed by atoms with Crippen LogP contribution in [0.3, 0.4) is 0 Å². The largest absolute Gasteiger partial charge is 0.508 e. The minimum absolute atomic E-state index is 0.0129. The highest BCUT2D eigenvalue weighted by Gasteiger charge is 2.14. The third kappa shape index (κ3) is 40.8. The van der Waals surface area contributed by atoms with Gasteiger partial charge in [0.15, 0.2) is 5.96 Å². The molecule has 2 aromatic rings. The molecule has 0 spiro atoms. The van der Waals surface area contributed by atoms with Crippen molar-refractivity contribution in [1.29, 1.82) is 0 Å². The number of carboxylic acid groups (broad SMARTS) is 5. The second kappa shape index (κ2) is 36.9. The lowest BCUT2D eigenvalue weighted by Gasteiger charge is -2.07. The van der Waals surface area contributed by atoms with Crippen molar-refractivity contribution in [3.8, 4) is 5.75 Å². The van der Waals surface area contributed by atoms with Crippen LogP contribution in [0.4, 0.5) is 0 Å². The Kier molecular flexibility index (Phi) is 37.3.